The van der Waals surface area contributed by atoms with Gasteiger partial charge in [-0.25, -0.2) is 13.2 Å². The predicted molar refractivity (Wildman–Crippen MR) is 109 cm³/mol. The fourth-order valence-corrected chi connectivity index (χ4v) is 3.38. The van der Waals surface area contributed by atoms with Crippen molar-refractivity contribution in [3.63, 3.8) is 0 Å². The van der Waals surface area contributed by atoms with Crippen molar-refractivity contribution in [2.24, 2.45) is 0 Å². The summed E-state index contributed by atoms with van der Waals surface area (Å²) in [5, 5.41) is 11.9. The average Bonchev–Trinajstić information content (AvgIpc) is 2.70. The van der Waals surface area contributed by atoms with E-state index in [-0.39, 0.29) is 17.1 Å². The smallest absolute Gasteiger partial charge is 0.350 e. The molecular weight excluding hydrogens is 394 g/mol. The first-order valence-corrected chi connectivity index (χ1v) is 10.1. The Morgan fingerprint density at radius 3 is 2.48 bits per heavy atom. The zero-order chi connectivity index (χ0) is 21.4. The summed E-state index contributed by atoms with van der Waals surface area (Å²) in [4.78, 5) is 11.7. The maximum absolute atomic E-state index is 12.7. The third kappa shape index (κ3) is 5.73. The quantitative estimate of drug-likeness (QED) is 0.386. The molecule has 9 heteroatoms. The van der Waals surface area contributed by atoms with Crippen LogP contribution in [0.25, 0.3) is 0 Å². The molecule has 0 heterocycles. The average molecular weight is 415 g/mol. The minimum absolute atomic E-state index is 0.0180. The molecule has 0 saturated carbocycles. The molecule has 0 unspecified atom stereocenters. The Balaban J connectivity index is 2.26. The first kappa shape index (κ1) is 21.8. The van der Waals surface area contributed by atoms with E-state index in [9.17, 15) is 13.2 Å². The van der Waals surface area contributed by atoms with Crippen LogP contribution in [0.4, 0.5) is 11.4 Å². The molecule has 0 aliphatic carbocycles. The molecule has 29 heavy (non-hydrogen) atoms. The van der Waals surface area contributed by atoms with E-state index >= 15 is 0 Å². The van der Waals surface area contributed by atoms with Crippen molar-refractivity contribution < 1.29 is 22.7 Å². The van der Waals surface area contributed by atoms with E-state index in [2.05, 4.69) is 10.0 Å². The van der Waals surface area contributed by atoms with Crippen LogP contribution in [0.2, 0.25) is 0 Å². The van der Waals surface area contributed by atoms with Gasteiger partial charge in [0.05, 0.1) is 18.6 Å². The molecule has 152 valence electrons. The van der Waals surface area contributed by atoms with E-state index in [1.807, 2.05) is 0 Å². The third-order valence-electron chi connectivity index (χ3n) is 3.85. The van der Waals surface area contributed by atoms with Crippen LogP contribution in [-0.2, 0) is 19.6 Å². The predicted octanol–water partition coefficient (Wildman–Crippen LogP) is 3.19. The number of nitriles is 1. The molecule has 0 atom stereocenters. The van der Waals surface area contributed by atoms with Crippen molar-refractivity contribution >= 4 is 27.4 Å². The number of aryl methyl sites for hydroxylation is 1. The number of carbonyl (C=O) groups is 1. The summed E-state index contributed by atoms with van der Waals surface area (Å²) in [6, 6.07) is 12.7. The third-order valence-corrected chi connectivity index (χ3v) is 5.23. The van der Waals surface area contributed by atoms with Crippen molar-refractivity contribution in [3.05, 3.63) is 59.8 Å². The summed E-state index contributed by atoms with van der Waals surface area (Å²) in [6.07, 6.45) is 1.19. The maximum Gasteiger partial charge on any atom is 0.350 e. The Labute approximate surface area is 169 Å². The minimum atomic E-state index is -3.85. The molecule has 0 bridgehead atoms. The van der Waals surface area contributed by atoms with E-state index in [4.69, 9.17) is 14.7 Å². The molecule has 0 aliphatic rings. The SMILES string of the molecule is CCOC(=O)/C(C#N)=C/Nc1cc(S(=O)(=O)Nc2ccc(OC)cc2)ccc1C. The largest absolute Gasteiger partial charge is 0.497 e. The zero-order valence-electron chi connectivity index (χ0n) is 16.2. The van der Waals surface area contributed by atoms with Crippen LogP contribution in [0.5, 0.6) is 5.75 Å². The second-order valence-electron chi connectivity index (χ2n) is 5.85. The number of methoxy groups -OCH3 is 1. The van der Waals surface area contributed by atoms with E-state index in [1.54, 1.807) is 50.2 Å². The van der Waals surface area contributed by atoms with Gasteiger partial charge in [-0.3, -0.25) is 4.72 Å². The number of benzene rings is 2. The van der Waals surface area contributed by atoms with Gasteiger partial charge in [-0.15, -0.1) is 0 Å². The molecule has 0 amide bonds. The number of nitrogens with zero attached hydrogens (tertiary/aromatic N) is 1. The molecule has 0 spiro atoms. The molecule has 2 aromatic carbocycles. The Hall–Kier alpha value is -3.51. The molecule has 2 rings (SSSR count). The van der Waals surface area contributed by atoms with Crippen molar-refractivity contribution in [2.45, 2.75) is 18.7 Å². The van der Waals surface area contributed by atoms with E-state index in [1.165, 1.54) is 25.4 Å². The highest BCUT2D eigenvalue weighted by atomic mass is 32.2. The number of ether oxygens (including phenoxy) is 2. The topological polar surface area (TPSA) is 118 Å². The minimum Gasteiger partial charge on any atom is -0.497 e. The van der Waals surface area contributed by atoms with Crippen molar-refractivity contribution in [2.75, 3.05) is 23.8 Å². The fraction of sp³-hybridized carbons (Fsp3) is 0.200. The number of rotatable bonds is 8. The highest BCUT2D eigenvalue weighted by molar-refractivity contribution is 7.92. The van der Waals surface area contributed by atoms with Gasteiger partial charge in [-0.1, -0.05) is 6.07 Å². The monoisotopic (exact) mass is 415 g/mol. The lowest BCUT2D eigenvalue weighted by atomic mass is 10.2. The molecule has 0 saturated heterocycles. The zero-order valence-corrected chi connectivity index (χ0v) is 17.0. The molecule has 0 aliphatic heterocycles. The molecule has 0 radical (unpaired) electrons. The number of esters is 1. The van der Waals surface area contributed by atoms with Gasteiger partial charge in [0.15, 0.2) is 5.57 Å². The second kappa shape index (κ2) is 9.61. The van der Waals surface area contributed by atoms with Crippen LogP contribution in [0.3, 0.4) is 0 Å². The number of anilines is 2. The first-order valence-electron chi connectivity index (χ1n) is 8.62. The van der Waals surface area contributed by atoms with Crippen LogP contribution in [0.15, 0.2) is 59.1 Å². The lowest BCUT2D eigenvalue weighted by Crippen LogP contribution is -2.13. The van der Waals surface area contributed by atoms with Crippen LogP contribution in [0.1, 0.15) is 12.5 Å². The Morgan fingerprint density at radius 1 is 1.21 bits per heavy atom. The lowest BCUT2D eigenvalue weighted by Gasteiger charge is -2.12. The number of sulfonamides is 1. The molecule has 2 N–H and O–H groups in total. The number of carbonyl (C=O) groups excluding carboxylic acids is 1. The van der Waals surface area contributed by atoms with Gasteiger partial charge in [0, 0.05) is 17.6 Å². The Bertz CT molecular complexity index is 1050. The number of nitrogens with one attached hydrogen (secondary N) is 2. The summed E-state index contributed by atoms with van der Waals surface area (Å²) < 4.78 is 37.7. The van der Waals surface area contributed by atoms with Gasteiger partial charge in [0.25, 0.3) is 10.0 Å². The van der Waals surface area contributed by atoms with E-state index in [0.717, 1.165) is 5.56 Å². The van der Waals surface area contributed by atoms with Crippen molar-refractivity contribution in [3.8, 4) is 11.8 Å². The van der Waals surface area contributed by atoms with Crippen LogP contribution in [-0.4, -0.2) is 28.1 Å². The van der Waals surface area contributed by atoms with Crippen LogP contribution >= 0.6 is 0 Å². The van der Waals surface area contributed by atoms with Gasteiger partial charge in [0.2, 0.25) is 0 Å². The summed E-state index contributed by atoms with van der Waals surface area (Å²) in [5.41, 5.74) is 1.32. The van der Waals surface area contributed by atoms with Gasteiger partial charge < -0.3 is 14.8 Å². The van der Waals surface area contributed by atoms with Gasteiger partial charge in [0.1, 0.15) is 11.8 Å². The molecule has 2 aromatic rings. The van der Waals surface area contributed by atoms with Crippen molar-refractivity contribution in [1.29, 1.82) is 5.26 Å². The molecular formula is C20H21N3O5S. The van der Waals surface area contributed by atoms with E-state index < -0.39 is 16.0 Å². The standard InChI is InChI=1S/C20H21N3O5S/c1-4-28-20(24)15(12-21)13-22-19-11-18(10-5-14(19)2)29(25,26)23-16-6-8-17(27-3)9-7-16/h5-11,13,22-23H,4H2,1-3H3/b15-13+. The lowest BCUT2D eigenvalue weighted by molar-refractivity contribution is -0.138. The van der Waals surface area contributed by atoms with Gasteiger partial charge >= 0.3 is 5.97 Å². The van der Waals surface area contributed by atoms with Crippen LogP contribution < -0.4 is 14.8 Å². The molecule has 8 nitrogen and oxygen atoms in total. The summed E-state index contributed by atoms with van der Waals surface area (Å²) >= 11 is 0. The summed E-state index contributed by atoms with van der Waals surface area (Å²) in [7, 11) is -2.33. The van der Waals surface area contributed by atoms with E-state index in [0.29, 0.717) is 17.1 Å². The molecule has 0 fully saturated rings. The summed E-state index contributed by atoms with van der Waals surface area (Å²) in [5.74, 6) is -0.151. The van der Waals surface area contributed by atoms with Gasteiger partial charge in [-0.2, -0.15) is 5.26 Å². The molecule has 0 aromatic heterocycles. The second-order valence-corrected chi connectivity index (χ2v) is 7.53. The normalized spacial score (nSPS) is 11.3. The number of hydrogen-bond donors (Lipinski definition) is 2. The summed E-state index contributed by atoms with van der Waals surface area (Å²) in [6.45, 7) is 3.54. The fourth-order valence-electron chi connectivity index (χ4n) is 2.29. The highest BCUT2D eigenvalue weighted by Gasteiger charge is 2.16. The highest BCUT2D eigenvalue weighted by Crippen LogP contribution is 2.23. The first-order chi connectivity index (χ1) is 13.8. The Morgan fingerprint density at radius 2 is 1.90 bits per heavy atom. The van der Waals surface area contributed by atoms with Crippen LogP contribution in [0, 0.1) is 18.3 Å². The number of hydrogen-bond acceptors (Lipinski definition) is 7. The maximum atomic E-state index is 12.7. The van der Waals surface area contributed by atoms with Gasteiger partial charge in [-0.05, 0) is 55.8 Å². The van der Waals surface area contributed by atoms with Crippen molar-refractivity contribution in [1.82, 2.24) is 0 Å². The Kier molecular flexibility index (Phi) is 7.22.